The lowest BCUT2D eigenvalue weighted by Gasteiger charge is -2.13. The summed E-state index contributed by atoms with van der Waals surface area (Å²) in [5, 5.41) is 3.08. The van der Waals surface area contributed by atoms with Crippen LogP contribution in [-0.2, 0) is 10.0 Å². The van der Waals surface area contributed by atoms with Crippen LogP contribution in [0.25, 0.3) is 10.2 Å². The number of carbonyl (C=O) groups excluding carboxylic acids is 1. The topological polar surface area (TPSA) is 88.2 Å². The molecule has 0 bridgehead atoms. The lowest BCUT2D eigenvalue weighted by molar-refractivity contribution is 0.102. The number of aryl methyl sites for hydroxylation is 2. The molecule has 29 heavy (non-hydrogen) atoms. The highest BCUT2D eigenvalue weighted by Gasteiger charge is 2.24. The van der Waals surface area contributed by atoms with E-state index in [1.807, 2.05) is 26.0 Å². The molecule has 0 aliphatic heterocycles. The number of rotatable bonds is 5. The molecule has 0 spiro atoms. The maximum Gasteiger partial charge on any atom is 0.259 e. The average molecular weight is 472 g/mol. The Hall–Kier alpha value is -1.71. The summed E-state index contributed by atoms with van der Waals surface area (Å²) in [6.07, 6.45) is 0. The SMILES string of the molecule is Cc1cc(C)c2nc(NC(=O)c3cc(S(=O)(=O)NC(C)C)c(Cl)cc3Cl)sc2c1. The monoisotopic (exact) mass is 471 g/mol. The summed E-state index contributed by atoms with van der Waals surface area (Å²) in [6, 6.07) is 6.10. The highest BCUT2D eigenvalue weighted by molar-refractivity contribution is 7.89. The van der Waals surface area contributed by atoms with Crippen LogP contribution >= 0.6 is 34.5 Å². The molecule has 2 N–H and O–H groups in total. The largest absolute Gasteiger partial charge is 0.298 e. The lowest BCUT2D eigenvalue weighted by atomic mass is 10.1. The number of thiazole rings is 1. The van der Waals surface area contributed by atoms with Crippen molar-refractivity contribution in [1.82, 2.24) is 9.71 Å². The van der Waals surface area contributed by atoms with E-state index in [4.69, 9.17) is 23.2 Å². The smallest absolute Gasteiger partial charge is 0.259 e. The molecule has 10 heteroatoms. The zero-order valence-corrected chi connectivity index (χ0v) is 19.3. The van der Waals surface area contributed by atoms with E-state index in [-0.39, 0.29) is 26.5 Å². The number of sulfonamides is 1. The number of hydrogen-bond acceptors (Lipinski definition) is 5. The molecule has 154 valence electrons. The molecule has 3 rings (SSSR count). The van der Waals surface area contributed by atoms with Gasteiger partial charge >= 0.3 is 0 Å². The molecule has 0 radical (unpaired) electrons. The van der Waals surface area contributed by atoms with Gasteiger partial charge < -0.3 is 0 Å². The van der Waals surface area contributed by atoms with Crippen LogP contribution < -0.4 is 10.0 Å². The minimum Gasteiger partial charge on any atom is -0.298 e. The molecular formula is C19H19Cl2N3O3S2. The van der Waals surface area contributed by atoms with Gasteiger partial charge in [0.15, 0.2) is 5.13 Å². The number of anilines is 1. The maximum absolute atomic E-state index is 12.8. The summed E-state index contributed by atoms with van der Waals surface area (Å²) >= 11 is 13.6. The minimum atomic E-state index is -3.90. The minimum absolute atomic E-state index is 0.00708. The van der Waals surface area contributed by atoms with E-state index in [1.165, 1.54) is 23.5 Å². The summed E-state index contributed by atoms with van der Waals surface area (Å²) in [5.41, 5.74) is 2.91. The number of fused-ring (bicyclic) bond motifs is 1. The van der Waals surface area contributed by atoms with E-state index in [2.05, 4.69) is 15.0 Å². The van der Waals surface area contributed by atoms with E-state index < -0.39 is 15.9 Å². The van der Waals surface area contributed by atoms with Crippen LogP contribution in [0.15, 0.2) is 29.2 Å². The van der Waals surface area contributed by atoms with Crippen molar-refractivity contribution in [2.45, 2.75) is 38.6 Å². The van der Waals surface area contributed by atoms with Crippen molar-refractivity contribution in [1.29, 1.82) is 0 Å². The third kappa shape index (κ3) is 4.73. The zero-order valence-electron chi connectivity index (χ0n) is 16.1. The van der Waals surface area contributed by atoms with Crippen LogP contribution in [-0.4, -0.2) is 25.4 Å². The second-order valence-corrected chi connectivity index (χ2v) is 10.5. The molecule has 0 saturated heterocycles. The third-order valence-electron chi connectivity index (χ3n) is 4.00. The van der Waals surface area contributed by atoms with Crippen molar-refractivity contribution >= 4 is 65.8 Å². The molecule has 0 aliphatic carbocycles. The van der Waals surface area contributed by atoms with Gasteiger partial charge in [-0.05, 0) is 57.0 Å². The first-order valence-electron chi connectivity index (χ1n) is 8.68. The van der Waals surface area contributed by atoms with E-state index in [9.17, 15) is 13.2 Å². The van der Waals surface area contributed by atoms with E-state index in [0.29, 0.717) is 5.13 Å². The van der Waals surface area contributed by atoms with Gasteiger partial charge in [0.25, 0.3) is 5.91 Å². The van der Waals surface area contributed by atoms with Crippen molar-refractivity contribution < 1.29 is 13.2 Å². The number of aromatic nitrogens is 1. The molecule has 0 atom stereocenters. The molecular weight excluding hydrogens is 453 g/mol. The number of hydrogen-bond donors (Lipinski definition) is 2. The summed E-state index contributed by atoms with van der Waals surface area (Å²) < 4.78 is 28.4. The predicted molar refractivity (Wildman–Crippen MR) is 119 cm³/mol. The van der Waals surface area contributed by atoms with Gasteiger partial charge in [-0.25, -0.2) is 18.1 Å². The molecule has 0 aliphatic rings. The quantitative estimate of drug-likeness (QED) is 0.537. The molecule has 3 aromatic rings. The normalized spacial score (nSPS) is 12.0. The molecule has 0 saturated carbocycles. The van der Waals surface area contributed by atoms with Crippen LogP contribution in [0.4, 0.5) is 5.13 Å². The Labute approximate surface area is 183 Å². The van der Waals surface area contributed by atoms with Crippen LogP contribution in [0.5, 0.6) is 0 Å². The van der Waals surface area contributed by atoms with Crippen molar-refractivity contribution in [3.05, 3.63) is 51.0 Å². The van der Waals surface area contributed by atoms with Gasteiger partial charge in [0.1, 0.15) is 4.90 Å². The lowest BCUT2D eigenvalue weighted by Crippen LogP contribution is -2.30. The second kappa shape index (κ2) is 8.20. The molecule has 1 heterocycles. The number of amides is 1. The Morgan fingerprint density at radius 1 is 1.10 bits per heavy atom. The molecule has 0 unspecified atom stereocenters. The third-order valence-corrected chi connectivity index (χ3v) is 7.35. The fraction of sp³-hybridized carbons (Fsp3) is 0.263. The van der Waals surface area contributed by atoms with Crippen molar-refractivity contribution in [3.8, 4) is 0 Å². The number of nitrogens with zero attached hydrogens (tertiary/aromatic N) is 1. The van der Waals surface area contributed by atoms with Gasteiger partial charge in [-0.15, -0.1) is 0 Å². The zero-order chi connectivity index (χ0) is 21.5. The summed E-state index contributed by atoms with van der Waals surface area (Å²) in [7, 11) is -3.90. The van der Waals surface area contributed by atoms with E-state index in [0.717, 1.165) is 21.3 Å². The molecule has 2 aromatic carbocycles. The van der Waals surface area contributed by atoms with Gasteiger partial charge in [-0.2, -0.15) is 0 Å². The fourth-order valence-corrected chi connectivity index (χ4v) is 6.02. The number of carbonyl (C=O) groups is 1. The number of benzene rings is 2. The Balaban J connectivity index is 1.97. The van der Waals surface area contributed by atoms with Gasteiger partial charge in [0.05, 0.1) is 25.8 Å². The van der Waals surface area contributed by atoms with Crippen LogP contribution in [0.2, 0.25) is 10.0 Å². The highest BCUT2D eigenvalue weighted by Crippen LogP contribution is 2.32. The first-order valence-corrected chi connectivity index (χ1v) is 11.7. The van der Waals surface area contributed by atoms with E-state index >= 15 is 0 Å². The first kappa shape index (κ1) is 22.0. The average Bonchev–Trinajstić information content (AvgIpc) is 2.95. The van der Waals surface area contributed by atoms with Crippen molar-refractivity contribution in [3.63, 3.8) is 0 Å². The van der Waals surface area contributed by atoms with Crippen LogP contribution in [0, 0.1) is 13.8 Å². The fourth-order valence-electron chi connectivity index (χ4n) is 2.87. The van der Waals surface area contributed by atoms with Gasteiger partial charge in [0, 0.05) is 6.04 Å². The Bertz CT molecular complexity index is 1220. The highest BCUT2D eigenvalue weighted by atomic mass is 35.5. The second-order valence-electron chi connectivity index (χ2n) is 6.94. The Kier molecular flexibility index (Phi) is 6.21. The Morgan fingerprint density at radius 2 is 1.79 bits per heavy atom. The number of nitrogens with one attached hydrogen (secondary N) is 2. The molecule has 1 aromatic heterocycles. The summed E-state index contributed by atoms with van der Waals surface area (Å²) in [6.45, 7) is 7.32. The molecule has 1 amide bonds. The predicted octanol–water partition coefficient (Wildman–Crippen LogP) is 5.16. The Morgan fingerprint density at radius 3 is 2.45 bits per heavy atom. The maximum atomic E-state index is 12.8. The first-order chi connectivity index (χ1) is 13.5. The van der Waals surface area contributed by atoms with Crippen LogP contribution in [0.3, 0.4) is 0 Å². The number of halogens is 2. The van der Waals surface area contributed by atoms with Gasteiger partial charge in [-0.1, -0.05) is 40.6 Å². The standard InChI is InChI=1S/C19H19Cl2N3O3S2/c1-9(2)24-29(26,27)16-7-12(13(20)8-14(16)21)18(25)23-19-22-17-11(4)5-10(3)6-15(17)28-19/h5-9,24H,1-4H3,(H,22,23,25). The summed E-state index contributed by atoms with van der Waals surface area (Å²) in [5.74, 6) is -0.568. The van der Waals surface area contributed by atoms with Gasteiger partial charge in [0.2, 0.25) is 10.0 Å². The van der Waals surface area contributed by atoms with Gasteiger partial charge in [-0.3, -0.25) is 10.1 Å². The van der Waals surface area contributed by atoms with Crippen molar-refractivity contribution in [2.75, 3.05) is 5.32 Å². The van der Waals surface area contributed by atoms with Crippen molar-refractivity contribution in [2.24, 2.45) is 0 Å². The molecule has 0 fully saturated rings. The van der Waals surface area contributed by atoms with E-state index in [1.54, 1.807) is 13.8 Å². The molecule has 6 nitrogen and oxygen atoms in total. The van der Waals surface area contributed by atoms with Crippen LogP contribution in [0.1, 0.15) is 35.3 Å². The summed E-state index contributed by atoms with van der Waals surface area (Å²) in [4.78, 5) is 17.0.